The smallest absolute Gasteiger partial charge is 0.0642 e. The zero-order chi connectivity index (χ0) is 13.2. The standard InChI is InChI=1S/C15H15BrClNS/c16-8-11-1-4-15(14(17)7-11)18(13-2-3-13)9-12-5-6-19-10-12/h1,4-7,10,13H,2-3,8-9H2. The molecule has 0 unspecified atom stereocenters. The normalized spacial score (nSPS) is 14.6. The fourth-order valence-corrected chi connectivity index (χ4v) is 3.56. The maximum absolute atomic E-state index is 6.46. The minimum Gasteiger partial charge on any atom is -0.363 e. The molecule has 1 heterocycles. The number of hydrogen-bond donors (Lipinski definition) is 0. The minimum atomic E-state index is 0.659. The number of halogens is 2. The molecule has 1 fully saturated rings. The molecule has 0 spiro atoms. The summed E-state index contributed by atoms with van der Waals surface area (Å²) in [6.45, 7) is 0.960. The molecule has 1 nitrogen and oxygen atoms in total. The highest BCUT2D eigenvalue weighted by molar-refractivity contribution is 9.08. The van der Waals surface area contributed by atoms with Crippen molar-refractivity contribution in [2.75, 3.05) is 4.90 Å². The molecule has 19 heavy (non-hydrogen) atoms. The van der Waals surface area contributed by atoms with E-state index in [1.165, 1.54) is 29.7 Å². The Bertz CT molecular complexity index is 551. The lowest BCUT2D eigenvalue weighted by Gasteiger charge is -2.25. The summed E-state index contributed by atoms with van der Waals surface area (Å²) in [6, 6.07) is 9.23. The van der Waals surface area contributed by atoms with Gasteiger partial charge in [0.1, 0.15) is 0 Å². The predicted octanol–water partition coefficient (Wildman–Crippen LogP) is 5.47. The number of rotatable bonds is 5. The average molecular weight is 357 g/mol. The van der Waals surface area contributed by atoms with Crippen LogP contribution in [0.3, 0.4) is 0 Å². The molecule has 0 atom stereocenters. The van der Waals surface area contributed by atoms with Crippen molar-refractivity contribution in [1.82, 2.24) is 0 Å². The van der Waals surface area contributed by atoms with E-state index in [-0.39, 0.29) is 0 Å². The molecule has 1 aromatic carbocycles. The van der Waals surface area contributed by atoms with Crippen molar-refractivity contribution < 1.29 is 0 Å². The Labute approximate surface area is 131 Å². The second kappa shape index (κ2) is 5.86. The molecule has 2 aromatic rings. The van der Waals surface area contributed by atoms with Crippen molar-refractivity contribution in [3.05, 3.63) is 51.2 Å². The Kier molecular flexibility index (Phi) is 4.15. The third kappa shape index (κ3) is 3.15. The van der Waals surface area contributed by atoms with Gasteiger partial charge in [-0.2, -0.15) is 11.3 Å². The Balaban J connectivity index is 1.87. The molecular formula is C15H15BrClNS. The molecule has 0 saturated heterocycles. The maximum atomic E-state index is 6.46. The molecule has 100 valence electrons. The molecule has 0 amide bonds. The highest BCUT2D eigenvalue weighted by atomic mass is 79.9. The van der Waals surface area contributed by atoms with Crippen LogP contribution in [0.5, 0.6) is 0 Å². The van der Waals surface area contributed by atoms with Gasteiger partial charge >= 0.3 is 0 Å². The molecule has 3 rings (SSSR count). The quantitative estimate of drug-likeness (QED) is 0.642. The molecule has 4 heteroatoms. The summed E-state index contributed by atoms with van der Waals surface area (Å²) in [6.07, 6.45) is 2.56. The van der Waals surface area contributed by atoms with Gasteiger partial charge in [0.25, 0.3) is 0 Å². The van der Waals surface area contributed by atoms with Crippen LogP contribution in [-0.4, -0.2) is 6.04 Å². The van der Waals surface area contributed by atoms with Crippen LogP contribution in [0.2, 0.25) is 5.02 Å². The van der Waals surface area contributed by atoms with E-state index in [1.807, 2.05) is 0 Å². The van der Waals surface area contributed by atoms with Gasteiger partial charge in [-0.05, 0) is 52.9 Å². The third-order valence-corrected chi connectivity index (χ3v) is 5.08. The van der Waals surface area contributed by atoms with Gasteiger partial charge in [-0.15, -0.1) is 0 Å². The predicted molar refractivity (Wildman–Crippen MR) is 87.6 cm³/mol. The van der Waals surface area contributed by atoms with Crippen molar-refractivity contribution >= 4 is 44.6 Å². The van der Waals surface area contributed by atoms with E-state index in [9.17, 15) is 0 Å². The second-order valence-electron chi connectivity index (χ2n) is 4.91. The third-order valence-electron chi connectivity index (χ3n) is 3.40. The summed E-state index contributed by atoms with van der Waals surface area (Å²) in [5.41, 5.74) is 3.76. The van der Waals surface area contributed by atoms with E-state index < -0.39 is 0 Å². The molecular weight excluding hydrogens is 342 g/mol. The van der Waals surface area contributed by atoms with Crippen LogP contribution in [0.4, 0.5) is 5.69 Å². The lowest BCUT2D eigenvalue weighted by Crippen LogP contribution is -2.25. The first-order chi connectivity index (χ1) is 9.28. The van der Waals surface area contributed by atoms with E-state index >= 15 is 0 Å². The molecule has 1 aromatic heterocycles. The van der Waals surface area contributed by atoms with Gasteiger partial charge in [-0.25, -0.2) is 0 Å². The van der Waals surface area contributed by atoms with Crippen molar-refractivity contribution in [1.29, 1.82) is 0 Å². The van der Waals surface area contributed by atoms with Crippen LogP contribution in [0.15, 0.2) is 35.0 Å². The average Bonchev–Trinajstić information content (AvgIpc) is 3.14. The fraction of sp³-hybridized carbons (Fsp3) is 0.333. The Morgan fingerprint density at radius 1 is 1.26 bits per heavy atom. The maximum Gasteiger partial charge on any atom is 0.0642 e. The van der Waals surface area contributed by atoms with Crippen LogP contribution in [-0.2, 0) is 11.9 Å². The Hall–Kier alpha value is -0.510. The van der Waals surface area contributed by atoms with Crippen LogP contribution >= 0.6 is 38.9 Å². The zero-order valence-electron chi connectivity index (χ0n) is 10.5. The number of alkyl halides is 1. The number of hydrogen-bond acceptors (Lipinski definition) is 2. The van der Waals surface area contributed by atoms with Crippen molar-refractivity contribution in [2.24, 2.45) is 0 Å². The summed E-state index contributed by atoms with van der Waals surface area (Å²) in [5.74, 6) is 0. The zero-order valence-corrected chi connectivity index (χ0v) is 13.6. The summed E-state index contributed by atoms with van der Waals surface area (Å²) >= 11 is 11.7. The van der Waals surface area contributed by atoms with Gasteiger partial charge in [0.2, 0.25) is 0 Å². The van der Waals surface area contributed by atoms with Gasteiger partial charge < -0.3 is 4.90 Å². The van der Waals surface area contributed by atoms with E-state index in [4.69, 9.17) is 11.6 Å². The van der Waals surface area contributed by atoms with E-state index in [2.05, 4.69) is 55.9 Å². The number of thiophene rings is 1. The van der Waals surface area contributed by atoms with Gasteiger partial charge in [0, 0.05) is 17.9 Å². The van der Waals surface area contributed by atoms with Crippen LogP contribution in [0.25, 0.3) is 0 Å². The highest BCUT2D eigenvalue weighted by Gasteiger charge is 2.30. The lowest BCUT2D eigenvalue weighted by atomic mass is 10.2. The van der Waals surface area contributed by atoms with Crippen LogP contribution in [0.1, 0.15) is 24.0 Å². The summed E-state index contributed by atoms with van der Waals surface area (Å²) in [7, 11) is 0. The Morgan fingerprint density at radius 2 is 2.11 bits per heavy atom. The van der Waals surface area contributed by atoms with E-state index in [0.717, 1.165) is 16.9 Å². The summed E-state index contributed by atoms with van der Waals surface area (Å²) in [5, 5.41) is 6.06. The molecule has 0 bridgehead atoms. The molecule has 0 N–H and O–H groups in total. The summed E-state index contributed by atoms with van der Waals surface area (Å²) < 4.78 is 0. The van der Waals surface area contributed by atoms with Crippen LogP contribution in [0, 0.1) is 0 Å². The monoisotopic (exact) mass is 355 g/mol. The molecule has 0 radical (unpaired) electrons. The number of anilines is 1. The molecule has 0 aliphatic heterocycles. The first kappa shape index (κ1) is 13.5. The second-order valence-corrected chi connectivity index (χ2v) is 6.66. The van der Waals surface area contributed by atoms with E-state index in [0.29, 0.717) is 6.04 Å². The molecule has 1 saturated carbocycles. The first-order valence-corrected chi connectivity index (χ1v) is 8.84. The van der Waals surface area contributed by atoms with Gasteiger partial charge in [0.05, 0.1) is 10.7 Å². The minimum absolute atomic E-state index is 0.659. The van der Waals surface area contributed by atoms with Crippen LogP contribution < -0.4 is 4.90 Å². The van der Waals surface area contributed by atoms with Crippen molar-refractivity contribution in [3.63, 3.8) is 0 Å². The fourth-order valence-electron chi connectivity index (χ4n) is 2.24. The van der Waals surface area contributed by atoms with Gasteiger partial charge in [-0.1, -0.05) is 33.6 Å². The van der Waals surface area contributed by atoms with Gasteiger partial charge in [0.15, 0.2) is 0 Å². The SMILES string of the molecule is Clc1cc(CBr)ccc1N(Cc1ccsc1)C1CC1. The number of benzene rings is 1. The van der Waals surface area contributed by atoms with Crippen molar-refractivity contribution in [2.45, 2.75) is 30.8 Å². The van der Waals surface area contributed by atoms with Gasteiger partial charge in [-0.3, -0.25) is 0 Å². The largest absolute Gasteiger partial charge is 0.363 e. The van der Waals surface area contributed by atoms with E-state index in [1.54, 1.807) is 11.3 Å². The molecule has 1 aliphatic rings. The Morgan fingerprint density at radius 3 is 2.68 bits per heavy atom. The molecule has 1 aliphatic carbocycles. The topological polar surface area (TPSA) is 3.24 Å². The van der Waals surface area contributed by atoms with Crippen molar-refractivity contribution in [3.8, 4) is 0 Å². The number of nitrogens with zero attached hydrogens (tertiary/aromatic N) is 1. The first-order valence-electron chi connectivity index (χ1n) is 6.40. The lowest BCUT2D eigenvalue weighted by molar-refractivity contribution is 0.796. The summed E-state index contributed by atoms with van der Waals surface area (Å²) in [4.78, 5) is 2.45. The highest BCUT2D eigenvalue weighted by Crippen LogP contribution is 2.37.